The minimum atomic E-state index is -0.665. The third kappa shape index (κ3) is 48.1. The smallest absolute Gasteiger partial charge is 0.305 e. The summed E-state index contributed by atoms with van der Waals surface area (Å²) in [6.07, 6.45) is 60.5. The molecule has 0 aromatic rings. The van der Waals surface area contributed by atoms with Crippen LogP contribution in [0.5, 0.6) is 0 Å². The number of rotatable bonds is 52. The number of aliphatic hydroxyl groups is 2. The number of allylic oxidation sites excluding steroid dienone is 2. The highest BCUT2D eigenvalue weighted by atomic mass is 16.5. The Hall–Kier alpha value is -1.40. The lowest BCUT2D eigenvalue weighted by molar-refractivity contribution is -0.143. The Labute approximate surface area is 387 Å². The molecular formula is C56H109NO5. The predicted molar refractivity (Wildman–Crippen MR) is 269 cm³/mol. The van der Waals surface area contributed by atoms with Crippen molar-refractivity contribution in [1.82, 2.24) is 5.32 Å². The van der Waals surface area contributed by atoms with Crippen molar-refractivity contribution in [2.45, 2.75) is 321 Å². The average molecular weight is 876 g/mol. The van der Waals surface area contributed by atoms with E-state index in [2.05, 4.69) is 31.3 Å². The Bertz CT molecular complexity index is 924. The molecule has 2 atom stereocenters. The van der Waals surface area contributed by atoms with Crippen molar-refractivity contribution in [3.05, 3.63) is 12.2 Å². The third-order valence-electron chi connectivity index (χ3n) is 13.1. The van der Waals surface area contributed by atoms with E-state index in [0.29, 0.717) is 25.9 Å². The van der Waals surface area contributed by atoms with Crippen LogP contribution in [0.25, 0.3) is 0 Å². The highest BCUT2D eigenvalue weighted by Crippen LogP contribution is 2.17. The zero-order valence-electron chi connectivity index (χ0n) is 41.9. The second-order valence-electron chi connectivity index (χ2n) is 19.3. The van der Waals surface area contributed by atoms with Crippen molar-refractivity contribution in [3.63, 3.8) is 0 Å². The molecule has 0 aromatic carbocycles. The molecule has 0 aliphatic heterocycles. The van der Waals surface area contributed by atoms with Gasteiger partial charge >= 0.3 is 5.97 Å². The number of hydrogen-bond acceptors (Lipinski definition) is 5. The van der Waals surface area contributed by atoms with E-state index in [1.165, 1.54) is 231 Å². The van der Waals surface area contributed by atoms with Crippen LogP contribution in [0.2, 0.25) is 0 Å². The minimum absolute atomic E-state index is 0.00168. The van der Waals surface area contributed by atoms with Crippen molar-refractivity contribution >= 4 is 11.9 Å². The van der Waals surface area contributed by atoms with Crippen LogP contribution in [0.3, 0.4) is 0 Å². The molecular weight excluding hydrogens is 767 g/mol. The topological polar surface area (TPSA) is 95.9 Å². The molecule has 0 heterocycles. The number of carbonyl (C=O) groups is 2. The first-order chi connectivity index (χ1) is 30.5. The van der Waals surface area contributed by atoms with E-state index in [1.54, 1.807) is 0 Å². The van der Waals surface area contributed by atoms with Gasteiger partial charge in [-0.15, -0.1) is 0 Å². The average Bonchev–Trinajstić information content (AvgIpc) is 3.27. The molecule has 0 fully saturated rings. The monoisotopic (exact) mass is 876 g/mol. The van der Waals surface area contributed by atoms with Crippen LogP contribution in [0.1, 0.15) is 309 Å². The summed E-state index contributed by atoms with van der Waals surface area (Å²) in [5.41, 5.74) is 0. The molecule has 0 aliphatic rings. The summed E-state index contributed by atoms with van der Waals surface area (Å²) in [5, 5.41) is 23.3. The zero-order chi connectivity index (χ0) is 45.1. The number of amides is 1. The van der Waals surface area contributed by atoms with Crippen molar-refractivity contribution in [2.24, 2.45) is 0 Å². The fraction of sp³-hybridized carbons (Fsp3) is 0.929. The summed E-state index contributed by atoms with van der Waals surface area (Å²) in [5.74, 6) is -0.0379. The Kier molecular flexibility index (Phi) is 51.0. The van der Waals surface area contributed by atoms with Crippen LogP contribution in [0, 0.1) is 0 Å². The normalized spacial score (nSPS) is 12.6. The van der Waals surface area contributed by atoms with Gasteiger partial charge in [0.1, 0.15) is 0 Å². The van der Waals surface area contributed by atoms with Gasteiger partial charge in [0.15, 0.2) is 0 Å². The van der Waals surface area contributed by atoms with Gasteiger partial charge < -0.3 is 20.3 Å². The summed E-state index contributed by atoms with van der Waals surface area (Å²) in [6.45, 7) is 4.92. The van der Waals surface area contributed by atoms with Gasteiger partial charge in [0, 0.05) is 12.8 Å². The van der Waals surface area contributed by atoms with E-state index in [0.717, 1.165) is 44.9 Å². The van der Waals surface area contributed by atoms with E-state index >= 15 is 0 Å². The van der Waals surface area contributed by atoms with Gasteiger partial charge in [-0.25, -0.2) is 0 Å². The van der Waals surface area contributed by atoms with Crippen LogP contribution < -0.4 is 5.32 Å². The van der Waals surface area contributed by atoms with Gasteiger partial charge in [0.2, 0.25) is 5.91 Å². The van der Waals surface area contributed by atoms with Crippen LogP contribution in [-0.4, -0.2) is 47.4 Å². The van der Waals surface area contributed by atoms with E-state index in [4.69, 9.17) is 4.74 Å². The predicted octanol–water partition coefficient (Wildman–Crippen LogP) is 16.9. The molecule has 1 amide bonds. The highest BCUT2D eigenvalue weighted by Gasteiger charge is 2.20. The van der Waals surface area contributed by atoms with Crippen LogP contribution in [0.15, 0.2) is 12.2 Å². The van der Waals surface area contributed by atoms with Crippen molar-refractivity contribution in [3.8, 4) is 0 Å². The molecule has 0 saturated heterocycles. The maximum Gasteiger partial charge on any atom is 0.305 e. The summed E-state index contributed by atoms with van der Waals surface area (Å²) in [7, 11) is 0. The lowest BCUT2D eigenvalue weighted by Gasteiger charge is -2.22. The molecule has 0 rings (SSSR count). The third-order valence-corrected chi connectivity index (χ3v) is 13.1. The van der Waals surface area contributed by atoms with Gasteiger partial charge in [-0.3, -0.25) is 9.59 Å². The Morgan fingerprint density at radius 1 is 0.435 bits per heavy atom. The molecule has 368 valence electrons. The molecule has 6 nitrogen and oxygen atoms in total. The lowest BCUT2D eigenvalue weighted by atomic mass is 10.0. The van der Waals surface area contributed by atoms with Gasteiger partial charge in [-0.2, -0.15) is 0 Å². The molecule has 0 bridgehead atoms. The summed E-state index contributed by atoms with van der Waals surface area (Å²) < 4.78 is 5.45. The molecule has 0 aromatic heterocycles. The molecule has 2 unspecified atom stereocenters. The second-order valence-corrected chi connectivity index (χ2v) is 19.3. The maximum absolute atomic E-state index is 12.5. The number of nitrogens with one attached hydrogen (secondary N) is 1. The Morgan fingerprint density at radius 2 is 0.774 bits per heavy atom. The maximum atomic E-state index is 12.5. The molecule has 3 N–H and O–H groups in total. The summed E-state index contributed by atoms with van der Waals surface area (Å²) in [6, 6.07) is -0.542. The van der Waals surface area contributed by atoms with Gasteiger partial charge in [0.05, 0.1) is 25.4 Å². The molecule has 62 heavy (non-hydrogen) atoms. The second kappa shape index (κ2) is 52.2. The number of unbranched alkanes of at least 4 members (excludes halogenated alkanes) is 39. The SMILES string of the molecule is CCCC/C=C\CCCCCCCC(=O)OCCCCCCCCCCCCCCCCCCCCCC(=O)NC(CO)C(O)CCCCCCCCCCCCCCCCC. The van der Waals surface area contributed by atoms with Crippen LogP contribution >= 0.6 is 0 Å². The fourth-order valence-corrected chi connectivity index (χ4v) is 8.74. The molecule has 0 radical (unpaired) electrons. The molecule has 0 saturated carbocycles. The fourth-order valence-electron chi connectivity index (χ4n) is 8.74. The van der Waals surface area contributed by atoms with Crippen molar-refractivity contribution < 1.29 is 24.5 Å². The number of carbonyl (C=O) groups excluding carboxylic acids is 2. The Balaban J connectivity index is 3.40. The van der Waals surface area contributed by atoms with E-state index in [1.807, 2.05) is 0 Å². The summed E-state index contributed by atoms with van der Waals surface area (Å²) in [4.78, 5) is 24.4. The molecule has 6 heteroatoms. The minimum Gasteiger partial charge on any atom is -0.466 e. The zero-order valence-corrected chi connectivity index (χ0v) is 41.9. The molecule has 0 spiro atoms. The van der Waals surface area contributed by atoms with E-state index < -0.39 is 12.1 Å². The van der Waals surface area contributed by atoms with E-state index in [-0.39, 0.29) is 18.5 Å². The first-order valence-electron chi connectivity index (χ1n) is 27.9. The number of hydrogen-bond donors (Lipinski definition) is 3. The van der Waals surface area contributed by atoms with Crippen LogP contribution in [0.4, 0.5) is 0 Å². The van der Waals surface area contributed by atoms with Crippen molar-refractivity contribution in [2.75, 3.05) is 13.2 Å². The number of ether oxygens (including phenoxy) is 1. The van der Waals surface area contributed by atoms with Crippen molar-refractivity contribution in [1.29, 1.82) is 0 Å². The lowest BCUT2D eigenvalue weighted by Crippen LogP contribution is -2.45. The highest BCUT2D eigenvalue weighted by molar-refractivity contribution is 5.76. The van der Waals surface area contributed by atoms with Gasteiger partial charge in [0.25, 0.3) is 0 Å². The van der Waals surface area contributed by atoms with Gasteiger partial charge in [-0.1, -0.05) is 264 Å². The van der Waals surface area contributed by atoms with E-state index in [9.17, 15) is 19.8 Å². The number of aliphatic hydroxyl groups excluding tert-OH is 2. The molecule has 0 aliphatic carbocycles. The first-order valence-corrected chi connectivity index (χ1v) is 27.9. The first kappa shape index (κ1) is 60.6. The summed E-state index contributed by atoms with van der Waals surface area (Å²) >= 11 is 0. The van der Waals surface area contributed by atoms with Gasteiger partial charge in [-0.05, 0) is 44.9 Å². The van der Waals surface area contributed by atoms with Crippen LogP contribution in [-0.2, 0) is 14.3 Å². The standard InChI is InChI=1S/C56H109NO5/c1-3-5-7-9-11-13-15-16-22-25-29-32-36-40-44-48-54(59)53(52-58)57-55(60)49-45-41-37-33-30-26-23-20-18-17-19-21-24-27-31-35-39-43-47-51-62-56(61)50-46-42-38-34-28-14-12-10-8-6-4-2/h10,12,53-54,58-59H,3-9,11,13-52H2,1-2H3,(H,57,60)/b12-10-. The number of esters is 1. The quantitative estimate of drug-likeness (QED) is 0.0321. The Morgan fingerprint density at radius 3 is 1.19 bits per heavy atom. The largest absolute Gasteiger partial charge is 0.466 e.